The molecule has 1 amide bonds. The number of fused-ring (bicyclic) bond motifs is 2. The Balaban J connectivity index is 1.77. The van der Waals surface area contributed by atoms with E-state index in [-0.39, 0.29) is 28.3 Å². The number of phenolic OH excluding ortho intramolecular Hbond substituents is 1. The van der Waals surface area contributed by atoms with Crippen molar-refractivity contribution in [3.63, 3.8) is 0 Å². The molecule has 5 rings (SSSR count). The molecule has 2 heterocycles. The number of hydrogen-bond acceptors (Lipinski definition) is 5. The molecule has 1 aliphatic heterocycles. The van der Waals surface area contributed by atoms with Gasteiger partial charge < -0.3 is 9.52 Å². The first kappa shape index (κ1) is 18.8. The largest absolute Gasteiger partial charge is 0.508 e. The molecular formula is C25H17NO5. The summed E-state index contributed by atoms with van der Waals surface area (Å²) in [7, 11) is 0. The highest BCUT2D eigenvalue weighted by Crippen LogP contribution is 2.41. The molecule has 6 nitrogen and oxygen atoms in total. The number of benzene rings is 3. The van der Waals surface area contributed by atoms with E-state index in [4.69, 9.17) is 4.42 Å². The summed E-state index contributed by atoms with van der Waals surface area (Å²) in [6.07, 6.45) is 0. The van der Waals surface area contributed by atoms with Gasteiger partial charge in [0.1, 0.15) is 11.3 Å². The van der Waals surface area contributed by atoms with E-state index in [2.05, 4.69) is 0 Å². The standard InChI is InChI=1S/C25H17NO5/c1-14(27)15-6-10-17(11-7-15)26-22(16-8-12-18(28)13-9-16)21-23(29)19-4-2-3-5-20(19)31-24(21)25(26)30/h2-13,22,28H,1H3. The van der Waals surface area contributed by atoms with Crippen LogP contribution in [0.5, 0.6) is 5.75 Å². The number of ketones is 1. The van der Waals surface area contributed by atoms with Gasteiger partial charge in [0.05, 0.1) is 17.0 Å². The highest BCUT2D eigenvalue weighted by Gasteiger charge is 2.43. The van der Waals surface area contributed by atoms with Crippen molar-refractivity contribution in [3.8, 4) is 5.75 Å². The normalized spacial score (nSPS) is 15.3. The van der Waals surface area contributed by atoms with Gasteiger partial charge in [0.25, 0.3) is 5.91 Å². The van der Waals surface area contributed by atoms with Gasteiger partial charge in [-0.2, -0.15) is 0 Å². The van der Waals surface area contributed by atoms with Gasteiger partial charge in [0.2, 0.25) is 5.76 Å². The molecule has 1 aliphatic rings. The summed E-state index contributed by atoms with van der Waals surface area (Å²) in [6.45, 7) is 1.47. The van der Waals surface area contributed by atoms with Gasteiger partial charge >= 0.3 is 0 Å². The number of nitrogens with zero attached hydrogens (tertiary/aromatic N) is 1. The number of hydrogen-bond donors (Lipinski definition) is 1. The van der Waals surface area contributed by atoms with Crippen LogP contribution >= 0.6 is 0 Å². The maximum Gasteiger partial charge on any atom is 0.295 e. The van der Waals surface area contributed by atoms with Gasteiger partial charge in [-0.15, -0.1) is 0 Å². The molecule has 1 aromatic heterocycles. The molecule has 0 bridgehead atoms. The molecule has 1 unspecified atom stereocenters. The predicted octanol–water partition coefficient (Wildman–Crippen LogP) is 4.45. The highest BCUT2D eigenvalue weighted by atomic mass is 16.3. The lowest BCUT2D eigenvalue weighted by Crippen LogP contribution is -2.29. The topological polar surface area (TPSA) is 87.8 Å². The number of carbonyl (C=O) groups excluding carboxylic acids is 2. The van der Waals surface area contributed by atoms with E-state index in [1.54, 1.807) is 60.7 Å². The first-order chi connectivity index (χ1) is 15.0. The van der Waals surface area contributed by atoms with Crippen LogP contribution in [0.25, 0.3) is 11.0 Å². The average Bonchev–Trinajstić information content (AvgIpc) is 3.07. The number of phenols is 1. The minimum Gasteiger partial charge on any atom is -0.508 e. The molecule has 0 saturated carbocycles. The van der Waals surface area contributed by atoms with Crippen LogP contribution in [0.3, 0.4) is 0 Å². The van der Waals surface area contributed by atoms with E-state index in [1.807, 2.05) is 0 Å². The average molecular weight is 411 g/mol. The molecule has 6 heteroatoms. The zero-order valence-electron chi connectivity index (χ0n) is 16.5. The second-order valence-corrected chi connectivity index (χ2v) is 7.44. The first-order valence-corrected chi connectivity index (χ1v) is 9.75. The zero-order valence-corrected chi connectivity index (χ0v) is 16.5. The highest BCUT2D eigenvalue weighted by molar-refractivity contribution is 6.10. The number of anilines is 1. The van der Waals surface area contributed by atoms with Gasteiger partial charge in [-0.05, 0) is 61.0 Å². The van der Waals surface area contributed by atoms with Crippen LogP contribution in [0.1, 0.15) is 45.0 Å². The third kappa shape index (κ3) is 2.92. The summed E-state index contributed by atoms with van der Waals surface area (Å²) in [5.41, 5.74) is 2.04. The monoisotopic (exact) mass is 411 g/mol. The Hall–Kier alpha value is -4.19. The molecule has 0 saturated heterocycles. The van der Waals surface area contributed by atoms with Crippen LogP contribution in [0, 0.1) is 0 Å². The van der Waals surface area contributed by atoms with E-state index >= 15 is 0 Å². The maximum absolute atomic E-state index is 13.4. The summed E-state index contributed by atoms with van der Waals surface area (Å²) in [6, 6.07) is 19.1. The second-order valence-electron chi connectivity index (χ2n) is 7.44. The third-order valence-corrected chi connectivity index (χ3v) is 5.54. The molecule has 0 aliphatic carbocycles. The van der Waals surface area contributed by atoms with E-state index in [1.165, 1.54) is 24.0 Å². The van der Waals surface area contributed by atoms with Crippen molar-refractivity contribution in [2.45, 2.75) is 13.0 Å². The van der Waals surface area contributed by atoms with Crippen molar-refractivity contribution in [2.24, 2.45) is 0 Å². The zero-order chi connectivity index (χ0) is 21.7. The van der Waals surface area contributed by atoms with E-state index < -0.39 is 11.9 Å². The summed E-state index contributed by atoms with van der Waals surface area (Å²) in [5.74, 6) is -0.444. The quantitative estimate of drug-likeness (QED) is 0.503. The molecule has 152 valence electrons. The van der Waals surface area contributed by atoms with E-state index in [9.17, 15) is 19.5 Å². The second kappa shape index (κ2) is 6.95. The number of Topliss-reactive ketones (excluding diaryl/α,β-unsaturated/α-hetero) is 1. The summed E-state index contributed by atoms with van der Waals surface area (Å²) < 4.78 is 5.89. The fourth-order valence-electron chi connectivity index (χ4n) is 4.01. The number of carbonyl (C=O) groups is 2. The molecule has 0 radical (unpaired) electrons. The van der Waals surface area contributed by atoms with E-state index in [0.29, 0.717) is 27.8 Å². The smallest absolute Gasteiger partial charge is 0.295 e. The maximum atomic E-state index is 13.4. The lowest BCUT2D eigenvalue weighted by Gasteiger charge is -2.25. The molecular weight excluding hydrogens is 394 g/mol. The van der Waals surface area contributed by atoms with Crippen LogP contribution in [0.2, 0.25) is 0 Å². The van der Waals surface area contributed by atoms with Crippen LogP contribution < -0.4 is 10.3 Å². The summed E-state index contributed by atoms with van der Waals surface area (Å²) in [4.78, 5) is 40.0. The molecule has 3 aromatic carbocycles. The molecule has 31 heavy (non-hydrogen) atoms. The van der Waals surface area contributed by atoms with Gasteiger partial charge in [-0.3, -0.25) is 19.3 Å². The molecule has 4 aromatic rings. The lowest BCUT2D eigenvalue weighted by atomic mass is 9.98. The fourth-order valence-corrected chi connectivity index (χ4v) is 4.01. The minimum atomic E-state index is -0.730. The number of amides is 1. The van der Waals surface area contributed by atoms with Gasteiger partial charge in [-0.25, -0.2) is 0 Å². The van der Waals surface area contributed by atoms with Crippen molar-refractivity contribution in [1.29, 1.82) is 0 Å². The third-order valence-electron chi connectivity index (χ3n) is 5.54. The van der Waals surface area contributed by atoms with E-state index in [0.717, 1.165) is 0 Å². The van der Waals surface area contributed by atoms with Crippen LogP contribution in [-0.2, 0) is 0 Å². The molecule has 1 atom stereocenters. The summed E-state index contributed by atoms with van der Waals surface area (Å²) in [5, 5.41) is 10.1. The Morgan fingerprint density at radius 2 is 1.61 bits per heavy atom. The van der Waals surface area contributed by atoms with Crippen molar-refractivity contribution < 1.29 is 19.1 Å². The fraction of sp³-hybridized carbons (Fsp3) is 0.0800. The molecule has 0 fully saturated rings. The minimum absolute atomic E-state index is 0.00239. The lowest BCUT2D eigenvalue weighted by molar-refractivity contribution is 0.0970. The Kier molecular flexibility index (Phi) is 4.22. The van der Waals surface area contributed by atoms with Crippen molar-refractivity contribution in [1.82, 2.24) is 0 Å². The summed E-state index contributed by atoms with van der Waals surface area (Å²) >= 11 is 0. The molecule has 1 N–H and O–H groups in total. The number of aromatic hydroxyl groups is 1. The van der Waals surface area contributed by atoms with Gasteiger partial charge in [0.15, 0.2) is 11.2 Å². The van der Waals surface area contributed by atoms with Gasteiger partial charge in [-0.1, -0.05) is 24.3 Å². The van der Waals surface area contributed by atoms with Crippen molar-refractivity contribution >= 4 is 28.3 Å². The van der Waals surface area contributed by atoms with Crippen molar-refractivity contribution in [3.05, 3.63) is 105 Å². The van der Waals surface area contributed by atoms with Crippen LogP contribution in [0.15, 0.2) is 82.0 Å². The Labute approximate surface area is 177 Å². The van der Waals surface area contributed by atoms with Crippen LogP contribution in [0.4, 0.5) is 5.69 Å². The Bertz CT molecular complexity index is 1400. The number of para-hydroxylation sites is 1. The number of rotatable bonds is 3. The molecule has 0 spiro atoms. The Morgan fingerprint density at radius 3 is 2.29 bits per heavy atom. The SMILES string of the molecule is CC(=O)c1ccc(N2C(=O)c3oc4ccccc4c(=O)c3C2c2ccc(O)cc2)cc1. The first-order valence-electron chi connectivity index (χ1n) is 9.75. The van der Waals surface area contributed by atoms with Gasteiger partial charge in [0, 0.05) is 11.3 Å². The predicted molar refractivity (Wildman–Crippen MR) is 116 cm³/mol. The van der Waals surface area contributed by atoms with Crippen LogP contribution in [-0.4, -0.2) is 16.8 Å². The van der Waals surface area contributed by atoms with Crippen molar-refractivity contribution in [2.75, 3.05) is 4.90 Å². The Morgan fingerprint density at radius 1 is 0.935 bits per heavy atom.